The lowest BCUT2D eigenvalue weighted by Gasteiger charge is -2.00. The Labute approximate surface area is 91.6 Å². The van der Waals surface area contributed by atoms with Crippen LogP contribution in [-0.4, -0.2) is 22.4 Å². The summed E-state index contributed by atoms with van der Waals surface area (Å²) in [5.74, 6) is -0.602. The van der Waals surface area contributed by atoms with Crippen LogP contribution in [0.15, 0.2) is 24.4 Å². The molecule has 0 aliphatic heterocycles. The van der Waals surface area contributed by atoms with Crippen LogP contribution < -0.4 is 0 Å². The monoisotopic (exact) mass is 222 g/mol. The van der Waals surface area contributed by atoms with E-state index >= 15 is 0 Å². The number of ether oxygens (including phenoxy) is 1. The molecule has 0 unspecified atom stereocenters. The average molecular weight is 222 g/mol. The molecule has 0 saturated carbocycles. The molecule has 1 aromatic heterocycles. The van der Waals surface area contributed by atoms with Gasteiger partial charge in [0.1, 0.15) is 12.4 Å². The van der Waals surface area contributed by atoms with Gasteiger partial charge >= 0.3 is 5.97 Å². The molecule has 2 aromatic rings. The van der Waals surface area contributed by atoms with E-state index in [0.29, 0.717) is 6.54 Å². The summed E-state index contributed by atoms with van der Waals surface area (Å²) in [4.78, 5) is 10.5. The van der Waals surface area contributed by atoms with Crippen molar-refractivity contribution in [2.45, 2.75) is 13.5 Å². The highest BCUT2D eigenvalue weighted by Gasteiger charge is 2.02. The third-order valence-electron chi connectivity index (χ3n) is 2.14. The molecular formula is C11H11FN2O2. The fourth-order valence-electron chi connectivity index (χ4n) is 1.45. The minimum atomic E-state index is -0.317. The van der Waals surface area contributed by atoms with Gasteiger partial charge in [-0.05, 0) is 18.2 Å². The maximum atomic E-state index is 12.9. The van der Waals surface area contributed by atoms with Crippen molar-refractivity contribution in [1.82, 2.24) is 9.78 Å². The summed E-state index contributed by atoms with van der Waals surface area (Å²) in [6, 6.07) is 4.41. The molecule has 0 saturated heterocycles. The zero-order chi connectivity index (χ0) is 11.5. The largest absolute Gasteiger partial charge is 0.464 e. The number of carbonyl (C=O) groups is 1. The van der Waals surface area contributed by atoms with Crippen LogP contribution in [0.4, 0.5) is 4.39 Å². The lowest BCUT2D eigenvalue weighted by Crippen LogP contribution is -2.08. The van der Waals surface area contributed by atoms with Gasteiger partial charge in [0.2, 0.25) is 0 Å². The van der Waals surface area contributed by atoms with Crippen molar-refractivity contribution in [3.63, 3.8) is 0 Å². The topological polar surface area (TPSA) is 44.1 Å². The van der Waals surface area contributed by atoms with Gasteiger partial charge < -0.3 is 4.74 Å². The first kappa shape index (κ1) is 10.6. The fourth-order valence-corrected chi connectivity index (χ4v) is 1.45. The van der Waals surface area contributed by atoms with Crippen molar-refractivity contribution in [2.75, 3.05) is 6.61 Å². The summed E-state index contributed by atoms with van der Waals surface area (Å²) in [7, 11) is 0. The summed E-state index contributed by atoms with van der Waals surface area (Å²) in [6.07, 6.45) is 1.72. The lowest BCUT2D eigenvalue weighted by atomic mass is 10.2. The van der Waals surface area contributed by atoms with Crippen molar-refractivity contribution in [2.24, 2.45) is 0 Å². The summed E-state index contributed by atoms with van der Waals surface area (Å²) >= 11 is 0. The number of nitrogens with zero attached hydrogens (tertiary/aromatic N) is 2. The van der Waals surface area contributed by atoms with Gasteiger partial charge in [0.05, 0.1) is 12.1 Å². The number of aromatic nitrogens is 2. The lowest BCUT2D eigenvalue weighted by molar-refractivity contribution is -0.141. The Morgan fingerprint density at radius 1 is 1.56 bits per heavy atom. The summed E-state index contributed by atoms with van der Waals surface area (Å²) in [5, 5.41) is 4.95. The predicted molar refractivity (Wildman–Crippen MR) is 56.3 cm³/mol. The molecule has 0 amide bonds. The molecule has 16 heavy (non-hydrogen) atoms. The molecule has 2 rings (SSSR count). The third kappa shape index (κ3) is 2.36. The van der Waals surface area contributed by atoms with E-state index < -0.39 is 0 Å². The molecule has 1 heterocycles. The van der Waals surface area contributed by atoms with Crippen LogP contribution in [0, 0.1) is 5.82 Å². The van der Waals surface area contributed by atoms with E-state index in [1.165, 1.54) is 19.1 Å². The Kier molecular flexibility index (Phi) is 2.85. The second-order valence-corrected chi connectivity index (χ2v) is 3.44. The molecule has 5 heteroatoms. The normalized spacial score (nSPS) is 10.6. The molecule has 84 valence electrons. The summed E-state index contributed by atoms with van der Waals surface area (Å²) in [5.41, 5.74) is 0.726. The number of rotatable bonds is 3. The highest BCUT2D eigenvalue weighted by atomic mass is 19.1. The van der Waals surface area contributed by atoms with E-state index in [4.69, 9.17) is 4.74 Å². The molecular weight excluding hydrogens is 211 g/mol. The molecule has 0 bridgehead atoms. The zero-order valence-electron chi connectivity index (χ0n) is 8.81. The van der Waals surface area contributed by atoms with Gasteiger partial charge in [-0.25, -0.2) is 4.39 Å². The highest BCUT2D eigenvalue weighted by molar-refractivity contribution is 5.77. The van der Waals surface area contributed by atoms with Gasteiger partial charge in [0.15, 0.2) is 0 Å². The van der Waals surface area contributed by atoms with E-state index in [1.807, 2.05) is 0 Å². The zero-order valence-corrected chi connectivity index (χ0v) is 8.81. The summed E-state index contributed by atoms with van der Waals surface area (Å²) in [6.45, 7) is 2.09. The molecule has 0 aliphatic rings. The van der Waals surface area contributed by atoms with Gasteiger partial charge in [-0.1, -0.05) is 0 Å². The quantitative estimate of drug-likeness (QED) is 0.743. The van der Waals surface area contributed by atoms with Crippen LogP contribution in [-0.2, 0) is 16.1 Å². The molecule has 1 aromatic carbocycles. The fraction of sp³-hybridized carbons (Fsp3) is 0.273. The Bertz CT molecular complexity index is 522. The van der Waals surface area contributed by atoms with Crippen LogP contribution in [0.5, 0.6) is 0 Å². The van der Waals surface area contributed by atoms with Crippen molar-refractivity contribution < 1.29 is 13.9 Å². The SMILES string of the molecule is CC(=O)OCCn1cc2cc(F)ccc2n1. The van der Waals surface area contributed by atoms with Gasteiger partial charge in [0, 0.05) is 18.5 Å². The van der Waals surface area contributed by atoms with Crippen LogP contribution in [0.2, 0.25) is 0 Å². The van der Waals surface area contributed by atoms with Crippen LogP contribution in [0.25, 0.3) is 10.9 Å². The third-order valence-corrected chi connectivity index (χ3v) is 2.14. The minimum absolute atomic E-state index is 0.270. The molecule has 0 fully saturated rings. The van der Waals surface area contributed by atoms with E-state index in [1.54, 1.807) is 16.9 Å². The number of hydrogen-bond acceptors (Lipinski definition) is 3. The van der Waals surface area contributed by atoms with Crippen LogP contribution >= 0.6 is 0 Å². The molecule has 0 radical (unpaired) electrons. The maximum Gasteiger partial charge on any atom is 0.302 e. The number of halogens is 1. The van der Waals surface area contributed by atoms with Crippen molar-refractivity contribution >= 4 is 16.9 Å². The van der Waals surface area contributed by atoms with Crippen molar-refractivity contribution in [1.29, 1.82) is 0 Å². The van der Waals surface area contributed by atoms with E-state index in [0.717, 1.165) is 10.9 Å². The molecule has 0 atom stereocenters. The van der Waals surface area contributed by atoms with Crippen molar-refractivity contribution in [3.8, 4) is 0 Å². The Hall–Kier alpha value is -1.91. The summed E-state index contributed by atoms with van der Waals surface area (Å²) < 4.78 is 19.3. The maximum absolute atomic E-state index is 12.9. The predicted octanol–water partition coefficient (Wildman–Crippen LogP) is 1.74. The second-order valence-electron chi connectivity index (χ2n) is 3.44. The Balaban J connectivity index is 2.10. The van der Waals surface area contributed by atoms with Gasteiger partial charge in [-0.2, -0.15) is 5.10 Å². The second kappa shape index (κ2) is 4.30. The molecule has 4 nitrogen and oxygen atoms in total. The highest BCUT2D eigenvalue weighted by Crippen LogP contribution is 2.13. The number of carbonyl (C=O) groups excluding carboxylic acids is 1. The number of esters is 1. The minimum Gasteiger partial charge on any atom is -0.464 e. The number of hydrogen-bond donors (Lipinski definition) is 0. The van der Waals surface area contributed by atoms with Crippen molar-refractivity contribution in [3.05, 3.63) is 30.2 Å². The van der Waals surface area contributed by atoms with Crippen LogP contribution in [0.1, 0.15) is 6.92 Å². The molecule has 0 spiro atoms. The van der Waals surface area contributed by atoms with Gasteiger partial charge in [-0.3, -0.25) is 9.48 Å². The first-order chi connectivity index (χ1) is 7.65. The Morgan fingerprint density at radius 3 is 3.12 bits per heavy atom. The Morgan fingerprint density at radius 2 is 2.38 bits per heavy atom. The molecule has 0 aliphatic carbocycles. The van der Waals surface area contributed by atoms with Gasteiger partial charge in [0.25, 0.3) is 0 Å². The first-order valence-electron chi connectivity index (χ1n) is 4.91. The standard InChI is InChI=1S/C11H11FN2O2/c1-8(15)16-5-4-14-7-9-6-10(12)2-3-11(9)13-14/h2-3,6-7H,4-5H2,1H3. The van der Waals surface area contributed by atoms with Gasteiger partial charge in [-0.15, -0.1) is 0 Å². The van der Waals surface area contributed by atoms with E-state index in [2.05, 4.69) is 5.10 Å². The number of fused-ring (bicyclic) bond motifs is 1. The first-order valence-corrected chi connectivity index (χ1v) is 4.91. The smallest absolute Gasteiger partial charge is 0.302 e. The average Bonchev–Trinajstić information content (AvgIpc) is 2.58. The number of benzene rings is 1. The van der Waals surface area contributed by atoms with E-state index in [-0.39, 0.29) is 18.4 Å². The van der Waals surface area contributed by atoms with Crippen LogP contribution in [0.3, 0.4) is 0 Å². The molecule has 0 N–H and O–H groups in total. The van der Waals surface area contributed by atoms with E-state index in [9.17, 15) is 9.18 Å².